The maximum absolute atomic E-state index is 13.6. The van der Waals surface area contributed by atoms with Gasteiger partial charge in [-0.2, -0.15) is 0 Å². The summed E-state index contributed by atoms with van der Waals surface area (Å²) in [4.78, 5) is 29.6. The van der Waals surface area contributed by atoms with Gasteiger partial charge in [-0.25, -0.2) is 0 Å². The molecule has 6 heteroatoms. The SMILES string of the molecule is CN(C)C(=O)[C@@]1(C)CN(C(=O)C2(Cc3ccccc3)CCOCC2)CCO1. The summed E-state index contributed by atoms with van der Waals surface area (Å²) >= 11 is 0. The molecule has 2 amide bonds. The number of amides is 2. The first kappa shape index (κ1) is 19.8. The number of hydrogen-bond acceptors (Lipinski definition) is 4. The summed E-state index contributed by atoms with van der Waals surface area (Å²) in [6, 6.07) is 10.2. The Hall–Kier alpha value is -1.92. The molecule has 2 aliphatic rings. The summed E-state index contributed by atoms with van der Waals surface area (Å²) in [6.45, 7) is 4.16. The maximum atomic E-state index is 13.6. The van der Waals surface area contributed by atoms with E-state index in [2.05, 4.69) is 12.1 Å². The molecule has 1 aromatic rings. The normalized spacial score (nSPS) is 25.1. The lowest BCUT2D eigenvalue weighted by atomic mass is 9.73. The predicted octanol–water partition coefficient (Wildman–Crippen LogP) is 1.73. The minimum absolute atomic E-state index is 0.107. The summed E-state index contributed by atoms with van der Waals surface area (Å²) in [5, 5.41) is 0. The van der Waals surface area contributed by atoms with Crippen molar-refractivity contribution < 1.29 is 19.1 Å². The molecule has 2 fully saturated rings. The second-order valence-electron chi connectivity index (χ2n) is 8.06. The molecule has 148 valence electrons. The lowest BCUT2D eigenvalue weighted by molar-refractivity contribution is -0.175. The number of nitrogens with zero attached hydrogens (tertiary/aromatic N) is 2. The highest BCUT2D eigenvalue weighted by Gasteiger charge is 2.47. The highest BCUT2D eigenvalue weighted by Crippen LogP contribution is 2.37. The van der Waals surface area contributed by atoms with Gasteiger partial charge in [-0.15, -0.1) is 0 Å². The smallest absolute Gasteiger partial charge is 0.255 e. The molecule has 2 aliphatic heterocycles. The van der Waals surface area contributed by atoms with Crippen LogP contribution in [0.1, 0.15) is 25.3 Å². The summed E-state index contributed by atoms with van der Waals surface area (Å²) in [5.74, 6) is 0.0137. The highest BCUT2D eigenvalue weighted by atomic mass is 16.5. The van der Waals surface area contributed by atoms with E-state index in [-0.39, 0.29) is 11.8 Å². The van der Waals surface area contributed by atoms with Crippen LogP contribution in [0, 0.1) is 5.41 Å². The van der Waals surface area contributed by atoms with Crippen molar-refractivity contribution in [1.82, 2.24) is 9.80 Å². The third kappa shape index (κ3) is 4.17. The number of carbonyl (C=O) groups excluding carboxylic acids is 2. The predicted molar refractivity (Wildman–Crippen MR) is 102 cm³/mol. The average Bonchev–Trinajstić information content (AvgIpc) is 2.68. The van der Waals surface area contributed by atoms with Crippen molar-refractivity contribution in [3.05, 3.63) is 35.9 Å². The highest BCUT2D eigenvalue weighted by molar-refractivity contribution is 5.88. The Bertz CT molecular complexity index is 670. The van der Waals surface area contributed by atoms with Crippen molar-refractivity contribution in [2.75, 3.05) is 47.0 Å². The zero-order valence-electron chi connectivity index (χ0n) is 16.6. The van der Waals surface area contributed by atoms with E-state index < -0.39 is 11.0 Å². The van der Waals surface area contributed by atoms with E-state index in [9.17, 15) is 9.59 Å². The number of morpholine rings is 1. The van der Waals surface area contributed by atoms with Gasteiger partial charge in [-0.05, 0) is 31.7 Å². The second-order valence-corrected chi connectivity index (χ2v) is 8.06. The number of hydrogen-bond donors (Lipinski definition) is 0. The van der Waals surface area contributed by atoms with E-state index in [1.54, 1.807) is 21.0 Å². The average molecular weight is 374 g/mol. The Balaban J connectivity index is 1.82. The number of benzene rings is 1. The van der Waals surface area contributed by atoms with Crippen LogP contribution < -0.4 is 0 Å². The molecule has 0 aliphatic carbocycles. The molecule has 0 aromatic heterocycles. The van der Waals surface area contributed by atoms with Crippen LogP contribution in [0.5, 0.6) is 0 Å². The first-order chi connectivity index (χ1) is 12.9. The molecule has 0 radical (unpaired) electrons. The molecule has 1 atom stereocenters. The van der Waals surface area contributed by atoms with E-state index in [1.165, 1.54) is 4.90 Å². The molecule has 0 N–H and O–H groups in total. The molecule has 0 bridgehead atoms. The van der Waals surface area contributed by atoms with Crippen molar-refractivity contribution in [3.8, 4) is 0 Å². The Morgan fingerprint density at radius 2 is 1.78 bits per heavy atom. The fourth-order valence-electron chi connectivity index (χ4n) is 4.20. The van der Waals surface area contributed by atoms with Gasteiger partial charge in [-0.1, -0.05) is 30.3 Å². The summed E-state index contributed by atoms with van der Waals surface area (Å²) < 4.78 is 11.4. The molecule has 27 heavy (non-hydrogen) atoms. The first-order valence-electron chi connectivity index (χ1n) is 9.63. The fraction of sp³-hybridized carbons (Fsp3) is 0.619. The van der Waals surface area contributed by atoms with Crippen LogP contribution in [0.2, 0.25) is 0 Å². The largest absolute Gasteiger partial charge is 0.381 e. The van der Waals surface area contributed by atoms with Gasteiger partial charge in [-0.3, -0.25) is 9.59 Å². The molecular formula is C21H30N2O4. The number of likely N-dealkylation sites (N-methyl/N-ethyl adjacent to an activating group) is 1. The van der Waals surface area contributed by atoms with E-state index in [0.717, 1.165) is 5.56 Å². The summed E-state index contributed by atoms with van der Waals surface area (Å²) in [7, 11) is 3.43. The summed E-state index contributed by atoms with van der Waals surface area (Å²) in [5.41, 5.74) is -0.302. The zero-order chi connectivity index (χ0) is 19.5. The van der Waals surface area contributed by atoms with Crippen LogP contribution in [0.15, 0.2) is 30.3 Å². The van der Waals surface area contributed by atoms with Crippen molar-refractivity contribution in [3.63, 3.8) is 0 Å². The molecular weight excluding hydrogens is 344 g/mol. The molecule has 2 saturated heterocycles. The first-order valence-corrected chi connectivity index (χ1v) is 9.63. The van der Waals surface area contributed by atoms with Gasteiger partial charge in [0.15, 0.2) is 5.60 Å². The van der Waals surface area contributed by atoms with Gasteiger partial charge in [0.25, 0.3) is 5.91 Å². The van der Waals surface area contributed by atoms with Crippen LogP contribution >= 0.6 is 0 Å². The quantitative estimate of drug-likeness (QED) is 0.805. The minimum atomic E-state index is -0.990. The standard InChI is InChI=1S/C21H30N2O4/c1-20(18(24)22(2)3)16-23(11-14-27-20)19(25)21(9-12-26-13-10-21)15-17-7-5-4-6-8-17/h4-8H,9-16H2,1-3H3/t20-/m1/s1. The number of carbonyl (C=O) groups is 2. The Labute approximate surface area is 161 Å². The van der Waals surface area contributed by atoms with Gasteiger partial charge < -0.3 is 19.3 Å². The molecule has 2 heterocycles. The number of rotatable bonds is 4. The maximum Gasteiger partial charge on any atom is 0.255 e. The van der Waals surface area contributed by atoms with Crippen LogP contribution in [0.25, 0.3) is 0 Å². The van der Waals surface area contributed by atoms with Crippen molar-refractivity contribution in [2.24, 2.45) is 5.41 Å². The van der Waals surface area contributed by atoms with E-state index >= 15 is 0 Å². The van der Waals surface area contributed by atoms with Gasteiger partial charge >= 0.3 is 0 Å². The molecule has 6 nitrogen and oxygen atoms in total. The molecule has 0 saturated carbocycles. The monoisotopic (exact) mass is 374 g/mol. The molecule has 0 spiro atoms. The van der Waals surface area contributed by atoms with E-state index in [0.29, 0.717) is 52.2 Å². The van der Waals surface area contributed by atoms with Gasteiger partial charge in [0.1, 0.15) is 0 Å². The van der Waals surface area contributed by atoms with Crippen LogP contribution in [0.4, 0.5) is 0 Å². The topological polar surface area (TPSA) is 59.1 Å². The fourth-order valence-corrected chi connectivity index (χ4v) is 4.20. The molecule has 1 aromatic carbocycles. The van der Waals surface area contributed by atoms with E-state index in [4.69, 9.17) is 9.47 Å². The van der Waals surface area contributed by atoms with Crippen molar-refractivity contribution in [2.45, 2.75) is 31.8 Å². The Kier molecular flexibility index (Phi) is 5.86. The van der Waals surface area contributed by atoms with Crippen LogP contribution in [-0.4, -0.2) is 74.2 Å². The third-order valence-corrected chi connectivity index (χ3v) is 5.71. The Morgan fingerprint density at radius 3 is 2.41 bits per heavy atom. The number of ether oxygens (including phenoxy) is 2. The zero-order valence-corrected chi connectivity index (χ0v) is 16.6. The summed E-state index contributed by atoms with van der Waals surface area (Å²) in [6.07, 6.45) is 2.11. The lowest BCUT2D eigenvalue weighted by Gasteiger charge is -2.45. The van der Waals surface area contributed by atoms with Crippen molar-refractivity contribution in [1.29, 1.82) is 0 Å². The Morgan fingerprint density at radius 1 is 1.11 bits per heavy atom. The third-order valence-electron chi connectivity index (χ3n) is 5.71. The van der Waals surface area contributed by atoms with Gasteiger partial charge in [0, 0.05) is 33.9 Å². The minimum Gasteiger partial charge on any atom is -0.381 e. The van der Waals surface area contributed by atoms with Gasteiger partial charge in [0.2, 0.25) is 5.91 Å². The van der Waals surface area contributed by atoms with Crippen LogP contribution in [0.3, 0.4) is 0 Å². The molecule has 0 unspecified atom stereocenters. The van der Waals surface area contributed by atoms with Crippen molar-refractivity contribution >= 4 is 11.8 Å². The lowest BCUT2D eigenvalue weighted by Crippen LogP contribution is -2.61. The van der Waals surface area contributed by atoms with E-state index in [1.807, 2.05) is 23.1 Å². The second kappa shape index (κ2) is 7.98. The molecule has 3 rings (SSSR count). The van der Waals surface area contributed by atoms with Gasteiger partial charge in [0.05, 0.1) is 18.6 Å². The van der Waals surface area contributed by atoms with Crippen LogP contribution in [-0.2, 0) is 25.5 Å².